The van der Waals surface area contributed by atoms with Gasteiger partial charge >= 0.3 is 0 Å². The minimum atomic E-state index is 0.528. The zero-order chi connectivity index (χ0) is 13.7. The van der Waals surface area contributed by atoms with Gasteiger partial charge in [0.05, 0.1) is 7.11 Å². The van der Waals surface area contributed by atoms with Crippen LogP contribution in [0.4, 0.5) is 0 Å². The van der Waals surface area contributed by atoms with Gasteiger partial charge in [0.1, 0.15) is 5.75 Å². The van der Waals surface area contributed by atoms with Crippen LogP contribution >= 0.6 is 0 Å². The second kappa shape index (κ2) is 6.76. The molecule has 1 aromatic carbocycles. The van der Waals surface area contributed by atoms with Gasteiger partial charge in [0.15, 0.2) is 0 Å². The zero-order valence-corrected chi connectivity index (χ0v) is 12.3. The van der Waals surface area contributed by atoms with Gasteiger partial charge in [-0.1, -0.05) is 31.2 Å². The molecule has 0 aliphatic heterocycles. The van der Waals surface area contributed by atoms with Gasteiger partial charge in [-0.25, -0.2) is 0 Å². The minimum Gasteiger partial charge on any atom is -0.496 e. The fourth-order valence-electron chi connectivity index (χ4n) is 3.00. The van der Waals surface area contributed by atoms with E-state index in [1.165, 1.54) is 17.5 Å². The van der Waals surface area contributed by atoms with E-state index in [2.05, 4.69) is 49.5 Å². The fraction of sp³-hybridized carbons (Fsp3) is 0.529. The first-order valence-corrected chi connectivity index (χ1v) is 7.31. The summed E-state index contributed by atoms with van der Waals surface area (Å²) in [5.41, 5.74) is 2.83. The number of hydrogen-bond donors (Lipinski definition) is 1. The molecule has 104 valence electrons. The van der Waals surface area contributed by atoms with E-state index in [4.69, 9.17) is 4.74 Å². The van der Waals surface area contributed by atoms with E-state index in [0.29, 0.717) is 12.0 Å². The van der Waals surface area contributed by atoms with Crippen molar-refractivity contribution in [3.05, 3.63) is 41.5 Å². The zero-order valence-electron chi connectivity index (χ0n) is 12.3. The molecule has 2 atom stereocenters. The number of hydrogen-bond acceptors (Lipinski definition) is 2. The summed E-state index contributed by atoms with van der Waals surface area (Å²) in [6.45, 7) is 5.41. The molecule has 19 heavy (non-hydrogen) atoms. The lowest BCUT2D eigenvalue weighted by Crippen LogP contribution is -2.41. The predicted molar refractivity (Wildman–Crippen MR) is 80.8 cm³/mol. The van der Waals surface area contributed by atoms with Crippen LogP contribution in [0.5, 0.6) is 5.75 Å². The van der Waals surface area contributed by atoms with Crippen molar-refractivity contribution in [2.24, 2.45) is 5.92 Å². The predicted octanol–water partition coefficient (Wildman–Crippen LogP) is 3.35. The third-order valence-electron chi connectivity index (χ3n) is 3.94. The smallest absolute Gasteiger partial charge is 0.122 e. The summed E-state index contributed by atoms with van der Waals surface area (Å²) in [6.07, 6.45) is 7.87. The van der Waals surface area contributed by atoms with E-state index in [9.17, 15) is 0 Å². The Balaban J connectivity index is 2.25. The van der Waals surface area contributed by atoms with Crippen LogP contribution in [-0.2, 0) is 12.8 Å². The van der Waals surface area contributed by atoms with Crippen molar-refractivity contribution in [2.45, 2.75) is 39.2 Å². The van der Waals surface area contributed by atoms with Crippen molar-refractivity contribution in [3.63, 3.8) is 0 Å². The molecular weight excluding hydrogens is 234 g/mol. The molecule has 1 aliphatic carbocycles. The Bertz CT molecular complexity index is 439. The van der Waals surface area contributed by atoms with Crippen LogP contribution in [0.25, 0.3) is 0 Å². The number of benzene rings is 1. The van der Waals surface area contributed by atoms with Gasteiger partial charge in [0.25, 0.3) is 0 Å². The summed E-state index contributed by atoms with van der Waals surface area (Å²) in [5, 5.41) is 3.69. The largest absolute Gasteiger partial charge is 0.496 e. The molecule has 0 radical (unpaired) electrons. The Kier molecular flexibility index (Phi) is 5.03. The molecule has 0 spiro atoms. The third-order valence-corrected chi connectivity index (χ3v) is 3.94. The summed E-state index contributed by atoms with van der Waals surface area (Å²) in [4.78, 5) is 0. The highest BCUT2D eigenvalue weighted by atomic mass is 16.5. The third kappa shape index (κ3) is 3.19. The van der Waals surface area contributed by atoms with Crippen molar-refractivity contribution in [1.82, 2.24) is 5.32 Å². The molecule has 2 nitrogen and oxygen atoms in total. The molecule has 0 unspecified atom stereocenters. The normalized spacial score (nSPS) is 22.5. The highest BCUT2D eigenvalue weighted by Gasteiger charge is 2.27. The second-order valence-electron chi connectivity index (χ2n) is 5.26. The average molecular weight is 259 g/mol. The van der Waals surface area contributed by atoms with E-state index in [0.717, 1.165) is 25.1 Å². The van der Waals surface area contributed by atoms with Crippen molar-refractivity contribution >= 4 is 0 Å². The van der Waals surface area contributed by atoms with Gasteiger partial charge in [0.2, 0.25) is 0 Å². The number of fused-ring (bicyclic) bond motifs is 1. The maximum Gasteiger partial charge on any atom is 0.122 e. The first kappa shape index (κ1) is 14.1. The summed E-state index contributed by atoms with van der Waals surface area (Å²) >= 11 is 0. The minimum absolute atomic E-state index is 0.528. The lowest BCUT2D eigenvalue weighted by Gasteiger charge is -2.33. The molecule has 1 aromatic rings. The summed E-state index contributed by atoms with van der Waals surface area (Å²) in [5.74, 6) is 1.64. The van der Waals surface area contributed by atoms with Gasteiger partial charge in [-0.05, 0) is 55.8 Å². The number of allylic oxidation sites excluding steroid dienone is 1. The molecular formula is C17H25NO. The Morgan fingerprint density at radius 1 is 1.37 bits per heavy atom. The van der Waals surface area contributed by atoms with Crippen molar-refractivity contribution in [1.29, 1.82) is 0 Å². The van der Waals surface area contributed by atoms with Crippen LogP contribution < -0.4 is 10.1 Å². The molecule has 2 heteroatoms. The monoisotopic (exact) mass is 259 g/mol. The van der Waals surface area contributed by atoms with E-state index < -0.39 is 0 Å². The van der Waals surface area contributed by atoms with Gasteiger partial charge in [-0.15, -0.1) is 0 Å². The average Bonchev–Trinajstić information content (AvgIpc) is 2.44. The van der Waals surface area contributed by atoms with Crippen molar-refractivity contribution in [3.8, 4) is 5.75 Å². The fourth-order valence-corrected chi connectivity index (χ4v) is 3.00. The summed E-state index contributed by atoms with van der Waals surface area (Å²) in [6, 6.07) is 6.94. The summed E-state index contributed by atoms with van der Waals surface area (Å²) in [7, 11) is 1.77. The Morgan fingerprint density at radius 2 is 2.21 bits per heavy atom. The molecule has 0 fully saturated rings. The molecule has 2 rings (SSSR count). The second-order valence-corrected chi connectivity index (χ2v) is 5.26. The van der Waals surface area contributed by atoms with Gasteiger partial charge < -0.3 is 10.1 Å². The highest BCUT2D eigenvalue weighted by Crippen LogP contribution is 2.32. The van der Waals surface area contributed by atoms with Crippen molar-refractivity contribution < 1.29 is 4.74 Å². The first-order valence-electron chi connectivity index (χ1n) is 7.31. The molecule has 0 aromatic heterocycles. The number of ether oxygens (including phenoxy) is 1. The maximum absolute atomic E-state index is 5.51. The van der Waals surface area contributed by atoms with Crippen LogP contribution in [0.15, 0.2) is 30.4 Å². The lowest BCUT2D eigenvalue weighted by molar-refractivity contribution is 0.363. The standard InChI is InChI=1S/C17H25NO/c1-4-7-14-11-13-8-6-9-17(19-3)15(13)12-16(14)18-10-5-2/h4,6-9,14,16,18H,5,10-12H2,1-3H3/t14-,16+/m1/s1. The topological polar surface area (TPSA) is 21.3 Å². The van der Waals surface area contributed by atoms with Crippen LogP contribution in [0.3, 0.4) is 0 Å². The van der Waals surface area contributed by atoms with Crippen LogP contribution in [0, 0.1) is 5.92 Å². The van der Waals surface area contributed by atoms with Gasteiger partial charge in [-0.2, -0.15) is 0 Å². The van der Waals surface area contributed by atoms with E-state index in [1.807, 2.05) is 0 Å². The van der Waals surface area contributed by atoms with Gasteiger partial charge in [-0.3, -0.25) is 0 Å². The van der Waals surface area contributed by atoms with E-state index in [-0.39, 0.29) is 0 Å². The Morgan fingerprint density at radius 3 is 2.89 bits per heavy atom. The molecule has 0 bridgehead atoms. The summed E-state index contributed by atoms with van der Waals surface area (Å²) < 4.78 is 5.51. The molecule has 1 N–H and O–H groups in total. The lowest BCUT2D eigenvalue weighted by atomic mass is 9.79. The molecule has 0 saturated carbocycles. The van der Waals surface area contributed by atoms with Crippen LogP contribution in [0.2, 0.25) is 0 Å². The highest BCUT2D eigenvalue weighted by molar-refractivity contribution is 5.43. The van der Waals surface area contributed by atoms with Crippen LogP contribution in [0.1, 0.15) is 31.4 Å². The Hall–Kier alpha value is -1.28. The number of rotatable bonds is 5. The SMILES string of the molecule is CC=C[C@@H]1Cc2cccc(OC)c2C[C@@H]1NCCC. The van der Waals surface area contributed by atoms with Crippen LogP contribution in [-0.4, -0.2) is 19.7 Å². The number of methoxy groups -OCH3 is 1. The first-order chi connectivity index (χ1) is 9.30. The van der Waals surface area contributed by atoms with E-state index >= 15 is 0 Å². The molecule has 0 saturated heterocycles. The van der Waals surface area contributed by atoms with E-state index in [1.54, 1.807) is 7.11 Å². The quantitative estimate of drug-likeness (QED) is 0.819. The molecule has 0 amide bonds. The molecule has 0 heterocycles. The van der Waals surface area contributed by atoms with Gasteiger partial charge in [0, 0.05) is 6.04 Å². The number of nitrogens with one attached hydrogen (secondary N) is 1. The van der Waals surface area contributed by atoms with Crippen molar-refractivity contribution in [2.75, 3.05) is 13.7 Å². The Labute approximate surface area is 116 Å². The maximum atomic E-state index is 5.51. The molecule has 1 aliphatic rings.